The molecule has 6 heteroatoms. The number of rotatable bonds is 6. The highest BCUT2D eigenvalue weighted by atomic mass is 35.5. The molecule has 2 aromatic carbocycles. The van der Waals surface area contributed by atoms with E-state index in [4.69, 9.17) is 30.5 Å². The summed E-state index contributed by atoms with van der Waals surface area (Å²) in [5.74, 6) is 2.73. The first kappa shape index (κ1) is 17.5. The van der Waals surface area contributed by atoms with E-state index in [9.17, 15) is 0 Å². The maximum Gasteiger partial charge on any atom is 0.180 e. The molecule has 0 spiro atoms. The van der Waals surface area contributed by atoms with Crippen LogP contribution in [0.2, 0.25) is 5.02 Å². The Hall–Kier alpha value is -2.27. The number of nitrogens with one attached hydrogen (secondary N) is 1. The van der Waals surface area contributed by atoms with E-state index in [0.717, 1.165) is 22.7 Å². The van der Waals surface area contributed by atoms with E-state index >= 15 is 0 Å². The summed E-state index contributed by atoms with van der Waals surface area (Å²) in [6.45, 7) is 5.65. The third-order valence-corrected chi connectivity index (χ3v) is 3.96. The van der Waals surface area contributed by atoms with Crippen molar-refractivity contribution in [2.75, 3.05) is 25.6 Å². The van der Waals surface area contributed by atoms with Crippen molar-refractivity contribution in [3.8, 4) is 23.0 Å². The van der Waals surface area contributed by atoms with Crippen LogP contribution >= 0.6 is 11.6 Å². The van der Waals surface area contributed by atoms with E-state index < -0.39 is 0 Å². The first-order valence-corrected chi connectivity index (χ1v) is 8.61. The molecule has 2 aromatic rings. The summed E-state index contributed by atoms with van der Waals surface area (Å²) in [6, 6.07) is 9.61. The van der Waals surface area contributed by atoms with Gasteiger partial charge in [-0.2, -0.15) is 0 Å². The number of halogens is 1. The van der Waals surface area contributed by atoms with Crippen molar-refractivity contribution in [2.24, 2.45) is 0 Å². The molecule has 1 aliphatic rings. The highest BCUT2D eigenvalue weighted by molar-refractivity contribution is 6.32. The van der Waals surface area contributed by atoms with Crippen molar-refractivity contribution in [3.05, 3.63) is 40.9 Å². The van der Waals surface area contributed by atoms with Crippen LogP contribution in [0.15, 0.2) is 30.3 Å². The van der Waals surface area contributed by atoms with Crippen LogP contribution in [0.4, 0.5) is 5.69 Å². The fourth-order valence-electron chi connectivity index (χ4n) is 2.58. The zero-order valence-electron chi connectivity index (χ0n) is 14.6. The molecule has 0 amide bonds. The van der Waals surface area contributed by atoms with Crippen LogP contribution in [0.1, 0.15) is 19.4 Å². The molecule has 0 fully saturated rings. The third-order valence-electron chi connectivity index (χ3n) is 3.68. The van der Waals surface area contributed by atoms with Gasteiger partial charge in [0.2, 0.25) is 0 Å². The quantitative estimate of drug-likeness (QED) is 0.817. The molecule has 0 radical (unpaired) electrons. The van der Waals surface area contributed by atoms with Crippen molar-refractivity contribution >= 4 is 17.3 Å². The van der Waals surface area contributed by atoms with Crippen LogP contribution in [0.5, 0.6) is 23.0 Å². The van der Waals surface area contributed by atoms with Crippen LogP contribution in [0, 0.1) is 0 Å². The van der Waals surface area contributed by atoms with Crippen LogP contribution < -0.4 is 24.3 Å². The lowest BCUT2D eigenvalue weighted by Crippen LogP contribution is -2.15. The summed E-state index contributed by atoms with van der Waals surface area (Å²) < 4.78 is 22.3. The number of fused-ring (bicyclic) bond motifs is 1. The second-order valence-corrected chi connectivity index (χ2v) is 6.39. The Morgan fingerprint density at radius 2 is 1.88 bits per heavy atom. The fraction of sp³-hybridized carbons (Fsp3) is 0.368. The summed E-state index contributed by atoms with van der Waals surface area (Å²) in [5.41, 5.74) is 1.94. The minimum absolute atomic E-state index is 0.0214. The van der Waals surface area contributed by atoms with Gasteiger partial charge >= 0.3 is 0 Å². The van der Waals surface area contributed by atoms with Gasteiger partial charge < -0.3 is 24.3 Å². The highest BCUT2D eigenvalue weighted by Crippen LogP contribution is 2.37. The standard InChI is InChI=1S/C19H22ClNO4/c1-12(2)25-19-15(20)8-13(9-18(19)22-3)11-21-14-4-5-16-17(10-14)24-7-6-23-16/h4-5,8-10,12,21H,6-7,11H2,1-3H3. The molecule has 0 aromatic heterocycles. The number of benzene rings is 2. The first-order chi connectivity index (χ1) is 12.1. The van der Waals surface area contributed by atoms with Crippen molar-refractivity contribution in [1.29, 1.82) is 0 Å². The molecule has 0 aliphatic carbocycles. The van der Waals surface area contributed by atoms with Gasteiger partial charge in [0.15, 0.2) is 23.0 Å². The fourth-order valence-corrected chi connectivity index (χ4v) is 2.86. The van der Waals surface area contributed by atoms with E-state index in [1.54, 1.807) is 7.11 Å². The Labute approximate surface area is 152 Å². The summed E-state index contributed by atoms with van der Waals surface area (Å²) in [6.07, 6.45) is 0.0214. The molecule has 134 valence electrons. The molecule has 1 heterocycles. The Morgan fingerprint density at radius 1 is 1.12 bits per heavy atom. The predicted octanol–water partition coefficient (Wildman–Crippen LogP) is 4.52. The predicted molar refractivity (Wildman–Crippen MR) is 98.5 cm³/mol. The minimum atomic E-state index is 0.0214. The van der Waals surface area contributed by atoms with Gasteiger partial charge in [0.1, 0.15) is 13.2 Å². The smallest absolute Gasteiger partial charge is 0.180 e. The monoisotopic (exact) mass is 363 g/mol. The van der Waals surface area contributed by atoms with Gasteiger partial charge in [-0.3, -0.25) is 0 Å². The second kappa shape index (κ2) is 7.74. The zero-order valence-corrected chi connectivity index (χ0v) is 15.4. The van der Waals surface area contributed by atoms with Gasteiger partial charge in [-0.1, -0.05) is 11.6 Å². The second-order valence-electron chi connectivity index (χ2n) is 5.99. The lowest BCUT2D eigenvalue weighted by Gasteiger charge is -2.19. The summed E-state index contributed by atoms with van der Waals surface area (Å²) in [5, 5.41) is 3.89. The lowest BCUT2D eigenvalue weighted by molar-refractivity contribution is 0.171. The summed E-state index contributed by atoms with van der Waals surface area (Å²) in [7, 11) is 1.61. The van der Waals surface area contributed by atoms with Crippen molar-refractivity contribution in [1.82, 2.24) is 0 Å². The number of anilines is 1. The van der Waals surface area contributed by atoms with Crippen molar-refractivity contribution in [3.63, 3.8) is 0 Å². The van der Waals surface area contributed by atoms with E-state index in [-0.39, 0.29) is 6.10 Å². The number of methoxy groups -OCH3 is 1. The topological polar surface area (TPSA) is 49.0 Å². The minimum Gasteiger partial charge on any atom is -0.493 e. The molecule has 1 aliphatic heterocycles. The molecule has 25 heavy (non-hydrogen) atoms. The van der Waals surface area contributed by atoms with E-state index in [2.05, 4.69) is 5.32 Å². The molecule has 0 atom stereocenters. The van der Waals surface area contributed by atoms with Crippen molar-refractivity contribution in [2.45, 2.75) is 26.5 Å². The molecule has 1 N–H and O–H groups in total. The Balaban J connectivity index is 1.73. The highest BCUT2D eigenvalue weighted by Gasteiger charge is 2.14. The van der Waals surface area contributed by atoms with E-state index in [1.807, 2.05) is 44.2 Å². The summed E-state index contributed by atoms with van der Waals surface area (Å²) >= 11 is 6.36. The van der Waals surface area contributed by atoms with Gasteiger partial charge in [0.05, 0.1) is 18.2 Å². The first-order valence-electron chi connectivity index (χ1n) is 8.23. The Kier molecular flexibility index (Phi) is 5.43. The van der Waals surface area contributed by atoms with Crippen LogP contribution in [0.3, 0.4) is 0 Å². The molecule has 0 unspecified atom stereocenters. The normalized spacial score (nSPS) is 12.8. The maximum absolute atomic E-state index is 6.36. The van der Waals surface area contributed by atoms with Crippen LogP contribution in [-0.4, -0.2) is 26.4 Å². The third kappa shape index (κ3) is 4.23. The Bertz CT molecular complexity index is 748. The van der Waals surface area contributed by atoms with E-state index in [0.29, 0.717) is 36.3 Å². The molecule has 0 bridgehead atoms. The molecule has 5 nitrogen and oxygen atoms in total. The largest absolute Gasteiger partial charge is 0.493 e. The van der Waals surface area contributed by atoms with E-state index in [1.165, 1.54) is 0 Å². The molecule has 0 saturated carbocycles. The lowest BCUT2D eigenvalue weighted by atomic mass is 10.2. The SMILES string of the molecule is COc1cc(CNc2ccc3c(c2)OCCO3)cc(Cl)c1OC(C)C. The van der Waals surface area contributed by atoms with Crippen LogP contribution in [0.25, 0.3) is 0 Å². The molecular weight excluding hydrogens is 342 g/mol. The van der Waals surface area contributed by atoms with Gasteiger partial charge in [-0.15, -0.1) is 0 Å². The van der Waals surface area contributed by atoms with Crippen molar-refractivity contribution < 1.29 is 18.9 Å². The van der Waals surface area contributed by atoms with Gasteiger partial charge in [-0.25, -0.2) is 0 Å². The van der Waals surface area contributed by atoms with Gasteiger partial charge in [0.25, 0.3) is 0 Å². The molecule has 3 rings (SSSR count). The molecule has 0 saturated heterocycles. The Morgan fingerprint density at radius 3 is 2.60 bits per heavy atom. The van der Waals surface area contributed by atoms with Gasteiger partial charge in [0, 0.05) is 18.3 Å². The summed E-state index contributed by atoms with van der Waals surface area (Å²) in [4.78, 5) is 0. The number of hydrogen-bond acceptors (Lipinski definition) is 5. The van der Waals surface area contributed by atoms with Crippen LogP contribution in [-0.2, 0) is 6.54 Å². The number of ether oxygens (including phenoxy) is 4. The zero-order chi connectivity index (χ0) is 17.8. The average molecular weight is 364 g/mol. The maximum atomic E-state index is 6.36. The molecular formula is C19H22ClNO4. The number of hydrogen-bond donors (Lipinski definition) is 1. The van der Waals surface area contributed by atoms with Gasteiger partial charge in [-0.05, 0) is 43.7 Å². The average Bonchev–Trinajstić information content (AvgIpc) is 2.61.